The topological polar surface area (TPSA) is 113 Å². The van der Waals surface area contributed by atoms with Gasteiger partial charge >= 0.3 is 17.9 Å². The molecule has 0 spiro atoms. The summed E-state index contributed by atoms with van der Waals surface area (Å²) in [5.74, 6) is -3.02. The largest absolute Gasteiger partial charge is 0.492 e. The lowest BCUT2D eigenvalue weighted by molar-refractivity contribution is -0.159. The number of hydrogen-bond acceptors (Lipinski definition) is 7. The number of carbonyl (C=O) groups excluding carboxylic acids is 1. The zero-order chi connectivity index (χ0) is 29.4. The van der Waals surface area contributed by atoms with E-state index in [0.717, 1.165) is 30.9 Å². The van der Waals surface area contributed by atoms with Crippen molar-refractivity contribution in [3.8, 4) is 16.2 Å². The van der Waals surface area contributed by atoms with Crippen molar-refractivity contribution < 1.29 is 34.1 Å². The van der Waals surface area contributed by atoms with Crippen LogP contribution in [0.4, 0.5) is 0 Å². The molecule has 41 heavy (non-hydrogen) atoms. The van der Waals surface area contributed by atoms with Gasteiger partial charge in [0.2, 0.25) is 0 Å². The Morgan fingerprint density at radius 1 is 0.927 bits per heavy atom. The average molecular weight is 576 g/mol. The number of fused-ring (bicyclic) bond motifs is 1. The highest BCUT2D eigenvalue weighted by Crippen LogP contribution is 2.40. The molecule has 3 aromatic carbocycles. The fraction of sp³-hybridized carbons (Fsp3) is 0.281. The third kappa shape index (κ3) is 7.71. The highest BCUT2D eigenvalue weighted by molar-refractivity contribution is 7.22. The predicted octanol–water partition coefficient (Wildman–Crippen LogP) is 5.88. The number of carboxylic acid groups (broad SMARTS) is 2. The van der Waals surface area contributed by atoms with Crippen molar-refractivity contribution in [2.45, 2.75) is 26.2 Å². The van der Waals surface area contributed by atoms with Crippen molar-refractivity contribution in [1.82, 2.24) is 4.90 Å². The Kier molecular flexibility index (Phi) is 10.1. The predicted molar refractivity (Wildman–Crippen MR) is 159 cm³/mol. The third-order valence-corrected chi connectivity index (χ3v) is 8.21. The van der Waals surface area contributed by atoms with E-state index in [1.54, 1.807) is 0 Å². The zero-order valence-corrected chi connectivity index (χ0v) is 23.9. The standard InChI is InChI=1S/C30H31NO3S.C2H2O4/c1-21-19-22(9-14-25(21)30(32)33-2)20-27-26-7-3-4-8-28(26)35-29(27)23-10-12-24(13-11-23)34-18-17-31-15-5-6-16-31;3-1(4)2(5)6/h3-4,7-14,19H,5-6,15-18,20H2,1-2H3;(H,3,4)(H,5,6). The Balaban J connectivity index is 0.000000585. The van der Waals surface area contributed by atoms with Gasteiger partial charge in [0.25, 0.3) is 0 Å². The van der Waals surface area contributed by atoms with E-state index in [-0.39, 0.29) is 5.97 Å². The van der Waals surface area contributed by atoms with Gasteiger partial charge in [-0.2, -0.15) is 0 Å². The lowest BCUT2D eigenvalue weighted by Gasteiger charge is -2.15. The molecule has 1 aliphatic rings. The minimum Gasteiger partial charge on any atom is -0.492 e. The van der Waals surface area contributed by atoms with Crippen molar-refractivity contribution in [3.63, 3.8) is 0 Å². The minimum absolute atomic E-state index is 0.293. The Labute approximate surface area is 242 Å². The first-order chi connectivity index (χ1) is 19.8. The van der Waals surface area contributed by atoms with Gasteiger partial charge in [-0.3, -0.25) is 4.90 Å². The number of hydrogen-bond donors (Lipinski definition) is 2. The molecule has 1 aromatic heterocycles. The van der Waals surface area contributed by atoms with E-state index < -0.39 is 11.9 Å². The Bertz CT molecular complexity index is 1510. The number of ether oxygens (including phenoxy) is 2. The number of likely N-dealkylation sites (tertiary alicyclic amines) is 1. The number of benzene rings is 3. The van der Waals surface area contributed by atoms with Gasteiger partial charge in [0.1, 0.15) is 12.4 Å². The average Bonchev–Trinajstić information content (AvgIpc) is 3.62. The van der Waals surface area contributed by atoms with E-state index in [4.69, 9.17) is 29.3 Å². The van der Waals surface area contributed by atoms with Gasteiger partial charge in [-0.1, -0.05) is 30.3 Å². The van der Waals surface area contributed by atoms with Gasteiger partial charge in [-0.05, 0) is 103 Å². The number of aryl methyl sites for hydroxylation is 1. The smallest absolute Gasteiger partial charge is 0.414 e. The number of aliphatic carboxylic acids is 2. The zero-order valence-electron chi connectivity index (χ0n) is 23.1. The van der Waals surface area contributed by atoms with Crippen LogP contribution in [0.15, 0.2) is 66.7 Å². The molecule has 1 saturated heterocycles. The number of thiophene rings is 1. The quantitative estimate of drug-likeness (QED) is 0.198. The molecule has 0 radical (unpaired) electrons. The molecular weight excluding hydrogens is 542 g/mol. The summed E-state index contributed by atoms with van der Waals surface area (Å²) in [7, 11) is 1.42. The maximum absolute atomic E-state index is 12.0. The van der Waals surface area contributed by atoms with Crippen LogP contribution in [0, 0.1) is 6.92 Å². The summed E-state index contributed by atoms with van der Waals surface area (Å²) >= 11 is 1.83. The maximum Gasteiger partial charge on any atom is 0.414 e. The van der Waals surface area contributed by atoms with Gasteiger partial charge in [0.05, 0.1) is 12.7 Å². The van der Waals surface area contributed by atoms with E-state index in [1.165, 1.54) is 64.7 Å². The van der Waals surface area contributed by atoms with E-state index in [2.05, 4.69) is 59.5 Å². The number of carboxylic acids is 2. The molecule has 5 rings (SSSR count). The lowest BCUT2D eigenvalue weighted by atomic mass is 9.96. The van der Waals surface area contributed by atoms with Crippen LogP contribution in [0.3, 0.4) is 0 Å². The van der Waals surface area contributed by atoms with Crippen molar-refractivity contribution in [2.75, 3.05) is 33.4 Å². The second kappa shape index (κ2) is 13.9. The number of nitrogens with zero attached hydrogens (tertiary/aromatic N) is 1. The molecule has 0 aliphatic carbocycles. The minimum atomic E-state index is -1.82. The molecule has 0 bridgehead atoms. The van der Waals surface area contributed by atoms with E-state index in [9.17, 15) is 4.79 Å². The summed E-state index contributed by atoms with van der Waals surface area (Å²) in [4.78, 5) is 34.0. The SMILES string of the molecule is COC(=O)c1ccc(Cc2c(-c3ccc(OCCN4CCCC4)cc3)sc3ccccc23)cc1C.O=C(O)C(=O)O. The molecule has 2 N–H and O–H groups in total. The molecule has 8 nitrogen and oxygen atoms in total. The lowest BCUT2D eigenvalue weighted by Crippen LogP contribution is -2.25. The highest BCUT2D eigenvalue weighted by atomic mass is 32.1. The van der Waals surface area contributed by atoms with Gasteiger partial charge in [0, 0.05) is 16.1 Å². The third-order valence-electron chi connectivity index (χ3n) is 6.95. The van der Waals surface area contributed by atoms with Gasteiger partial charge in [0.15, 0.2) is 0 Å². The van der Waals surface area contributed by atoms with Crippen LogP contribution in [0.1, 0.15) is 39.9 Å². The van der Waals surface area contributed by atoms with E-state index in [1.807, 2.05) is 30.4 Å². The van der Waals surface area contributed by atoms with E-state index >= 15 is 0 Å². The maximum atomic E-state index is 12.0. The number of methoxy groups -OCH3 is 1. The second-order valence-electron chi connectivity index (χ2n) is 9.76. The molecule has 0 amide bonds. The molecule has 9 heteroatoms. The summed E-state index contributed by atoms with van der Waals surface area (Å²) in [5, 5.41) is 16.1. The summed E-state index contributed by atoms with van der Waals surface area (Å²) in [6, 6.07) is 23.1. The van der Waals surface area contributed by atoms with Gasteiger partial charge < -0.3 is 19.7 Å². The summed E-state index contributed by atoms with van der Waals surface area (Å²) < 4.78 is 12.2. The normalized spacial score (nSPS) is 12.9. The van der Waals surface area contributed by atoms with Crippen LogP contribution in [0.5, 0.6) is 5.75 Å². The Morgan fingerprint density at radius 3 is 2.24 bits per heavy atom. The molecular formula is C32H33NO7S. The summed E-state index contributed by atoms with van der Waals surface area (Å²) in [5.41, 5.74) is 5.26. The molecule has 1 aliphatic heterocycles. The van der Waals surface area contributed by atoms with Crippen molar-refractivity contribution in [3.05, 3.63) is 89.0 Å². The van der Waals surface area contributed by atoms with Crippen molar-refractivity contribution in [2.24, 2.45) is 0 Å². The summed E-state index contributed by atoms with van der Waals surface area (Å²) in [6.07, 6.45) is 3.41. The van der Waals surface area contributed by atoms with Gasteiger partial charge in [-0.15, -0.1) is 11.3 Å². The molecule has 0 saturated carbocycles. The van der Waals surface area contributed by atoms with Crippen molar-refractivity contribution in [1.29, 1.82) is 0 Å². The monoisotopic (exact) mass is 575 g/mol. The molecule has 0 unspecified atom stereocenters. The molecule has 1 fully saturated rings. The number of esters is 1. The Morgan fingerprint density at radius 2 is 1.61 bits per heavy atom. The van der Waals surface area contributed by atoms with Crippen LogP contribution in [0.2, 0.25) is 0 Å². The second-order valence-corrected chi connectivity index (χ2v) is 10.8. The first-order valence-corrected chi connectivity index (χ1v) is 14.2. The Hall–Kier alpha value is -4.21. The molecule has 2 heterocycles. The molecule has 0 atom stereocenters. The number of rotatable bonds is 8. The molecule has 4 aromatic rings. The first kappa shape index (κ1) is 29.8. The van der Waals surface area contributed by atoms with Crippen LogP contribution in [-0.2, 0) is 20.7 Å². The fourth-order valence-corrected chi connectivity index (χ4v) is 6.11. The van der Waals surface area contributed by atoms with Crippen LogP contribution in [-0.4, -0.2) is 66.4 Å². The van der Waals surface area contributed by atoms with Crippen LogP contribution in [0.25, 0.3) is 20.5 Å². The van der Waals surface area contributed by atoms with E-state index in [0.29, 0.717) is 5.56 Å². The highest BCUT2D eigenvalue weighted by Gasteiger charge is 2.16. The van der Waals surface area contributed by atoms with Crippen molar-refractivity contribution >= 4 is 39.3 Å². The summed E-state index contributed by atoms with van der Waals surface area (Å²) in [6.45, 7) is 6.08. The first-order valence-electron chi connectivity index (χ1n) is 13.4. The number of carbonyl (C=O) groups is 3. The van der Waals surface area contributed by atoms with Crippen LogP contribution < -0.4 is 4.74 Å². The fourth-order valence-electron chi connectivity index (χ4n) is 4.89. The molecule has 214 valence electrons. The van der Waals surface area contributed by atoms with Crippen LogP contribution >= 0.6 is 11.3 Å². The van der Waals surface area contributed by atoms with Gasteiger partial charge in [-0.25, -0.2) is 14.4 Å².